The summed E-state index contributed by atoms with van der Waals surface area (Å²) in [7, 11) is 0. The Morgan fingerprint density at radius 3 is 2.74 bits per heavy atom. The van der Waals surface area contributed by atoms with E-state index in [9.17, 15) is 4.79 Å². The van der Waals surface area contributed by atoms with Gasteiger partial charge in [-0.2, -0.15) is 0 Å². The molecule has 1 heterocycles. The molecule has 1 aliphatic rings. The van der Waals surface area contributed by atoms with Crippen LogP contribution >= 0.6 is 0 Å². The number of nitrogens with zero attached hydrogens (tertiary/aromatic N) is 1. The molecule has 1 atom stereocenters. The van der Waals surface area contributed by atoms with Crippen molar-refractivity contribution < 1.29 is 9.53 Å². The van der Waals surface area contributed by atoms with E-state index in [-0.39, 0.29) is 12.1 Å². The number of ether oxygens (including phenoxy) is 1. The first-order valence-electron chi connectivity index (χ1n) is 6.72. The normalized spacial score (nSPS) is 16.3. The molecule has 3 N–H and O–H groups in total. The fourth-order valence-electron chi connectivity index (χ4n) is 2.05. The summed E-state index contributed by atoms with van der Waals surface area (Å²) in [4.78, 5) is 13.1. The zero-order valence-electron chi connectivity index (χ0n) is 11.3. The van der Waals surface area contributed by atoms with Gasteiger partial charge in [-0.1, -0.05) is 19.1 Å². The van der Waals surface area contributed by atoms with Gasteiger partial charge in [0.1, 0.15) is 12.4 Å². The Morgan fingerprint density at radius 1 is 1.42 bits per heavy atom. The zero-order chi connectivity index (χ0) is 13.7. The highest BCUT2D eigenvalue weighted by atomic mass is 16.5. The maximum atomic E-state index is 11.3. The van der Waals surface area contributed by atoms with Crippen molar-refractivity contribution in [1.29, 1.82) is 0 Å². The van der Waals surface area contributed by atoms with Crippen LogP contribution in [-0.4, -0.2) is 37.2 Å². The molecule has 0 bridgehead atoms. The molecule has 1 unspecified atom stereocenters. The van der Waals surface area contributed by atoms with E-state index in [2.05, 4.69) is 12.2 Å². The fourth-order valence-corrected chi connectivity index (χ4v) is 2.05. The van der Waals surface area contributed by atoms with E-state index >= 15 is 0 Å². The summed E-state index contributed by atoms with van der Waals surface area (Å²) in [5, 5.41) is 2.76. The molecule has 104 valence electrons. The van der Waals surface area contributed by atoms with E-state index in [0.717, 1.165) is 30.8 Å². The van der Waals surface area contributed by atoms with Gasteiger partial charge in [-0.05, 0) is 24.1 Å². The number of hydrogen-bond donors (Lipinski definition) is 2. The maximum absolute atomic E-state index is 11.3. The van der Waals surface area contributed by atoms with Gasteiger partial charge in [-0.15, -0.1) is 0 Å². The van der Waals surface area contributed by atoms with Crippen molar-refractivity contribution in [2.24, 2.45) is 5.73 Å². The van der Waals surface area contributed by atoms with Crippen molar-refractivity contribution in [3.05, 3.63) is 29.8 Å². The van der Waals surface area contributed by atoms with Gasteiger partial charge in [0.25, 0.3) is 0 Å². The second-order valence-corrected chi connectivity index (χ2v) is 4.65. The molecule has 0 aromatic heterocycles. The van der Waals surface area contributed by atoms with Crippen molar-refractivity contribution in [3.63, 3.8) is 0 Å². The highest BCUT2D eigenvalue weighted by Gasteiger charge is 2.18. The third-order valence-corrected chi connectivity index (χ3v) is 3.32. The molecular formula is C14H21N3O2. The summed E-state index contributed by atoms with van der Waals surface area (Å²) in [5.74, 6) is 0.812. The molecule has 0 spiro atoms. The van der Waals surface area contributed by atoms with E-state index in [1.165, 1.54) is 0 Å². The predicted octanol–water partition coefficient (Wildman–Crippen LogP) is 1.50. The summed E-state index contributed by atoms with van der Waals surface area (Å²) in [6.07, 6.45) is 0.921. The molecular weight excluding hydrogens is 242 g/mol. The molecule has 0 aliphatic carbocycles. The number of nitrogens with one attached hydrogen (secondary N) is 1. The van der Waals surface area contributed by atoms with Crippen LogP contribution in [-0.2, 0) is 0 Å². The number of carbonyl (C=O) groups excluding carboxylic acids is 1. The molecule has 0 saturated carbocycles. The van der Waals surface area contributed by atoms with Crippen LogP contribution in [0.4, 0.5) is 4.79 Å². The SMILES string of the molecule is CCC(N)c1ccc(OCCN2CCNC2=O)cc1. The maximum Gasteiger partial charge on any atom is 0.317 e. The van der Waals surface area contributed by atoms with E-state index in [1.54, 1.807) is 4.90 Å². The van der Waals surface area contributed by atoms with Gasteiger partial charge in [0, 0.05) is 19.1 Å². The van der Waals surface area contributed by atoms with Crippen LogP contribution in [0, 0.1) is 0 Å². The predicted molar refractivity (Wildman–Crippen MR) is 74.1 cm³/mol. The molecule has 1 saturated heterocycles. The van der Waals surface area contributed by atoms with Crippen molar-refractivity contribution in [3.8, 4) is 5.75 Å². The van der Waals surface area contributed by atoms with Gasteiger partial charge >= 0.3 is 6.03 Å². The van der Waals surface area contributed by atoms with E-state index in [4.69, 9.17) is 10.5 Å². The third kappa shape index (κ3) is 3.61. The summed E-state index contributed by atoms with van der Waals surface area (Å²) in [6, 6.07) is 7.91. The third-order valence-electron chi connectivity index (χ3n) is 3.32. The molecule has 1 aliphatic heterocycles. The lowest BCUT2D eigenvalue weighted by Gasteiger charge is -2.15. The number of amides is 2. The molecule has 1 aromatic carbocycles. The lowest BCUT2D eigenvalue weighted by molar-refractivity contribution is 0.202. The molecule has 2 rings (SSSR count). The first-order chi connectivity index (χ1) is 9.20. The minimum Gasteiger partial charge on any atom is -0.492 e. The Morgan fingerprint density at radius 2 is 2.16 bits per heavy atom. The monoisotopic (exact) mass is 263 g/mol. The van der Waals surface area contributed by atoms with Crippen LogP contribution in [0.3, 0.4) is 0 Å². The van der Waals surface area contributed by atoms with Crippen molar-refractivity contribution in [2.75, 3.05) is 26.2 Å². The van der Waals surface area contributed by atoms with Gasteiger partial charge in [0.05, 0.1) is 6.54 Å². The lowest BCUT2D eigenvalue weighted by atomic mass is 10.1. The van der Waals surface area contributed by atoms with Crippen LogP contribution in [0.5, 0.6) is 5.75 Å². The number of hydrogen-bond acceptors (Lipinski definition) is 3. The highest BCUT2D eigenvalue weighted by molar-refractivity contribution is 5.76. The Bertz CT molecular complexity index is 419. The molecule has 0 radical (unpaired) electrons. The first-order valence-corrected chi connectivity index (χ1v) is 6.72. The lowest BCUT2D eigenvalue weighted by Crippen LogP contribution is -2.31. The van der Waals surface area contributed by atoms with Crippen LogP contribution in [0.15, 0.2) is 24.3 Å². The highest BCUT2D eigenvalue weighted by Crippen LogP contribution is 2.18. The minimum absolute atomic E-state index is 0.00660. The van der Waals surface area contributed by atoms with Crippen LogP contribution in [0.2, 0.25) is 0 Å². The molecule has 1 aromatic rings. The van der Waals surface area contributed by atoms with E-state index < -0.39 is 0 Å². The fraction of sp³-hybridized carbons (Fsp3) is 0.500. The number of rotatable bonds is 6. The summed E-state index contributed by atoms with van der Waals surface area (Å²) in [6.45, 7) is 4.67. The van der Waals surface area contributed by atoms with Crippen molar-refractivity contribution in [1.82, 2.24) is 10.2 Å². The second-order valence-electron chi connectivity index (χ2n) is 4.65. The van der Waals surface area contributed by atoms with E-state index in [0.29, 0.717) is 13.2 Å². The Hall–Kier alpha value is -1.75. The van der Waals surface area contributed by atoms with Crippen LogP contribution in [0.25, 0.3) is 0 Å². The standard InChI is InChI=1S/C14H21N3O2/c1-2-13(15)11-3-5-12(6-4-11)19-10-9-17-8-7-16-14(17)18/h3-6,13H,2,7-10,15H2,1H3,(H,16,18). The smallest absolute Gasteiger partial charge is 0.317 e. The largest absolute Gasteiger partial charge is 0.492 e. The van der Waals surface area contributed by atoms with Crippen molar-refractivity contribution >= 4 is 6.03 Å². The Balaban J connectivity index is 1.78. The number of benzene rings is 1. The molecule has 5 nitrogen and oxygen atoms in total. The summed E-state index contributed by atoms with van der Waals surface area (Å²) < 4.78 is 5.62. The summed E-state index contributed by atoms with van der Waals surface area (Å²) >= 11 is 0. The zero-order valence-corrected chi connectivity index (χ0v) is 11.3. The van der Waals surface area contributed by atoms with Gasteiger partial charge < -0.3 is 20.7 Å². The van der Waals surface area contributed by atoms with Gasteiger partial charge in [-0.25, -0.2) is 4.79 Å². The minimum atomic E-state index is -0.00660. The van der Waals surface area contributed by atoms with Gasteiger partial charge in [-0.3, -0.25) is 0 Å². The molecule has 1 fully saturated rings. The summed E-state index contributed by atoms with van der Waals surface area (Å²) in [5.41, 5.74) is 7.07. The molecule has 19 heavy (non-hydrogen) atoms. The number of urea groups is 1. The average Bonchev–Trinajstić information content (AvgIpc) is 2.84. The van der Waals surface area contributed by atoms with Gasteiger partial charge in [0.15, 0.2) is 0 Å². The second kappa shape index (κ2) is 6.43. The van der Waals surface area contributed by atoms with Gasteiger partial charge in [0.2, 0.25) is 0 Å². The van der Waals surface area contributed by atoms with E-state index in [1.807, 2.05) is 24.3 Å². The number of carbonyl (C=O) groups is 1. The number of nitrogens with two attached hydrogens (primary N) is 1. The average molecular weight is 263 g/mol. The molecule has 2 amide bonds. The Kier molecular flexibility index (Phi) is 4.63. The van der Waals surface area contributed by atoms with Crippen LogP contribution in [0.1, 0.15) is 24.9 Å². The van der Waals surface area contributed by atoms with Crippen molar-refractivity contribution in [2.45, 2.75) is 19.4 Å². The quantitative estimate of drug-likeness (QED) is 0.817. The van der Waals surface area contributed by atoms with Crippen LogP contribution < -0.4 is 15.8 Å². The molecule has 5 heteroatoms. The Labute approximate surface area is 113 Å². The first kappa shape index (κ1) is 13.7. The topological polar surface area (TPSA) is 67.6 Å².